The normalized spacial score (nSPS) is 10.4. The predicted molar refractivity (Wildman–Crippen MR) is 84.3 cm³/mol. The van der Waals surface area contributed by atoms with Gasteiger partial charge in [0, 0.05) is 11.9 Å². The lowest BCUT2D eigenvalue weighted by Gasteiger charge is -2.10. The molecule has 3 amide bonds. The van der Waals surface area contributed by atoms with Gasteiger partial charge in [0.2, 0.25) is 0 Å². The maximum absolute atomic E-state index is 12.3. The van der Waals surface area contributed by atoms with Gasteiger partial charge in [-0.2, -0.15) is 5.10 Å². The number of imide groups is 1. The molecule has 1 aromatic carbocycles. The van der Waals surface area contributed by atoms with Crippen molar-refractivity contribution in [2.24, 2.45) is 5.73 Å². The van der Waals surface area contributed by atoms with Gasteiger partial charge < -0.3 is 10.5 Å². The fourth-order valence-electron chi connectivity index (χ4n) is 2.12. The number of benzene rings is 1. The highest BCUT2D eigenvalue weighted by Gasteiger charge is 2.19. The molecule has 0 radical (unpaired) electrons. The Hall–Kier alpha value is -3.23. The van der Waals surface area contributed by atoms with Crippen LogP contribution < -0.4 is 16.6 Å². The molecule has 0 aliphatic heterocycles. The van der Waals surface area contributed by atoms with Crippen LogP contribution >= 0.6 is 0 Å². The summed E-state index contributed by atoms with van der Waals surface area (Å²) in [5.41, 5.74) is 4.41. The molecule has 0 atom stereocenters. The monoisotopic (exact) mass is 332 g/mol. The van der Waals surface area contributed by atoms with Crippen LogP contribution in [0.5, 0.6) is 0 Å². The Morgan fingerprint density at radius 2 is 1.92 bits per heavy atom. The topological polar surface area (TPSA) is 133 Å². The number of hydrogen-bond donors (Lipinski definition) is 2. The fourth-order valence-corrected chi connectivity index (χ4v) is 2.12. The van der Waals surface area contributed by atoms with Crippen LogP contribution in [0.4, 0.5) is 4.79 Å². The quantitative estimate of drug-likeness (QED) is 0.749. The van der Waals surface area contributed by atoms with Gasteiger partial charge in [-0.1, -0.05) is 25.1 Å². The summed E-state index contributed by atoms with van der Waals surface area (Å²) in [5, 5.41) is 6.47. The van der Waals surface area contributed by atoms with Crippen molar-refractivity contribution in [2.75, 3.05) is 6.61 Å². The SMILES string of the molecule is CCCn1nc(C(=O)OCC(=O)NC(N)=O)c2ccccc2c1=O. The third kappa shape index (κ3) is 3.75. The molecule has 0 fully saturated rings. The van der Waals surface area contributed by atoms with E-state index in [1.54, 1.807) is 29.6 Å². The maximum Gasteiger partial charge on any atom is 0.359 e. The van der Waals surface area contributed by atoms with E-state index in [4.69, 9.17) is 10.5 Å². The van der Waals surface area contributed by atoms with Gasteiger partial charge in [-0.15, -0.1) is 0 Å². The Kier molecular flexibility index (Phi) is 5.25. The van der Waals surface area contributed by atoms with E-state index in [0.29, 0.717) is 23.7 Å². The van der Waals surface area contributed by atoms with E-state index < -0.39 is 24.5 Å². The minimum absolute atomic E-state index is 0.0782. The smallest absolute Gasteiger partial charge is 0.359 e. The number of primary amides is 1. The van der Waals surface area contributed by atoms with Crippen molar-refractivity contribution >= 4 is 28.7 Å². The first kappa shape index (κ1) is 17.1. The van der Waals surface area contributed by atoms with Crippen LogP contribution in [0.3, 0.4) is 0 Å². The van der Waals surface area contributed by atoms with Crippen LogP contribution in [0.1, 0.15) is 23.8 Å². The molecule has 9 heteroatoms. The number of rotatable bonds is 5. The number of esters is 1. The summed E-state index contributed by atoms with van der Waals surface area (Å²) in [6, 6.07) is 5.44. The van der Waals surface area contributed by atoms with Crippen LogP contribution in [-0.2, 0) is 16.1 Å². The number of fused-ring (bicyclic) bond motifs is 1. The number of amides is 3. The number of urea groups is 1. The number of nitrogens with zero attached hydrogens (tertiary/aromatic N) is 2. The van der Waals surface area contributed by atoms with Crippen LogP contribution in [0.15, 0.2) is 29.1 Å². The molecule has 1 aromatic heterocycles. The Morgan fingerprint density at radius 1 is 1.25 bits per heavy atom. The van der Waals surface area contributed by atoms with Crippen molar-refractivity contribution in [3.05, 3.63) is 40.3 Å². The summed E-state index contributed by atoms with van der Waals surface area (Å²) in [7, 11) is 0. The lowest BCUT2D eigenvalue weighted by molar-refractivity contribution is -0.123. The van der Waals surface area contributed by atoms with Crippen LogP contribution in [-0.4, -0.2) is 34.3 Å². The summed E-state index contributed by atoms with van der Waals surface area (Å²) < 4.78 is 6.02. The molecule has 3 N–H and O–H groups in total. The summed E-state index contributed by atoms with van der Waals surface area (Å²) in [6.07, 6.45) is 0.654. The van der Waals surface area contributed by atoms with E-state index in [-0.39, 0.29) is 11.3 Å². The lowest BCUT2D eigenvalue weighted by atomic mass is 10.1. The molecule has 1 heterocycles. The number of hydrogen-bond acceptors (Lipinski definition) is 6. The first-order valence-electron chi connectivity index (χ1n) is 7.20. The summed E-state index contributed by atoms with van der Waals surface area (Å²) in [5.74, 6) is -1.74. The number of aryl methyl sites for hydroxylation is 1. The zero-order valence-electron chi connectivity index (χ0n) is 12.9. The second-order valence-electron chi connectivity index (χ2n) is 4.91. The minimum atomic E-state index is -1.05. The van der Waals surface area contributed by atoms with Gasteiger partial charge >= 0.3 is 12.0 Å². The van der Waals surface area contributed by atoms with Crippen molar-refractivity contribution in [2.45, 2.75) is 19.9 Å². The lowest BCUT2D eigenvalue weighted by Crippen LogP contribution is -2.38. The molecule has 0 aliphatic carbocycles. The highest BCUT2D eigenvalue weighted by Crippen LogP contribution is 2.14. The van der Waals surface area contributed by atoms with Gasteiger partial charge in [0.05, 0.1) is 5.39 Å². The number of ether oxygens (including phenoxy) is 1. The van der Waals surface area contributed by atoms with Crippen LogP contribution in [0.2, 0.25) is 0 Å². The molecule has 0 bridgehead atoms. The largest absolute Gasteiger partial charge is 0.451 e. The standard InChI is InChI=1S/C15H16N4O5/c1-2-7-19-13(21)10-6-4-3-5-9(10)12(18-19)14(22)24-8-11(20)17-15(16)23/h3-6H,2,7-8H2,1H3,(H3,16,17,20,23). The zero-order chi connectivity index (χ0) is 17.7. The third-order valence-corrected chi connectivity index (χ3v) is 3.09. The molecule has 126 valence electrons. The number of carbonyl (C=O) groups is 3. The van der Waals surface area contributed by atoms with Crippen LogP contribution in [0, 0.1) is 0 Å². The zero-order valence-corrected chi connectivity index (χ0v) is 12.9. The number of aromatic nitrogens is 2. The molecule has 2 aromatic rings. The van der Waals surface area contributed by atoms with Gasteiger partial charge in [0.25, 0.3) is 11.5 Å². The van der Waals surface area contributed by atoms with Crippen molar-refractivity contribution in [3.8, 4) is 0 Å². The summed E-state index contributed by atoms with van der Waals surface area (Å²) >= 11 is 0. The van der Waals surface area contributed by atoms with E-state index in [1.807, 2.05) is 6.92 Å². The number of carbonyl (C=O) groups excluding carboxylic acids is 3. The average Bonchev–Trinajstić information content (AvgIpc) is 2.55. The summed E-state index contributed by atoms with van der Waals surface area (Å²) in [6.45, 7) is 1.52. The molecule has 0 unspecified atom stereocenters. The van der Waals surface area contributed by atoms with E-state index in [0.717, 1.165) is 0 Å². The van der Waals surface area contributed by atoms with E-state index in [2.05, 4.69) is 5.10 Å². The molecule has 24 heavy (non-hydrogen) atoms. The Bertz CT molecular complexity index is 859. The Labute approximate surface area is 136 Å². The molecule has 0 spiro atoms. The van der Waals surface area contributed by atoms with Crippen molar-refractivity contribution in [1.82, 2.24) is 15.1 Å². The molecule has 0 aliphatic rings. The van der Waals surface area contributed by atoms with Crippen molar-refractivity contribution < 1.29 is 19.1 Å². The van der Waals surface area contributed by atoms with Crippen molar-refractivity contribution in [1.29, 1.82) is 0 Å². The molecule has 0 saturated heterocycles. The van der Waals surface area contributed by atoms with Crippen LogP contribution in [0.25, 0.3) is 10.8 Å². The predicted octanol–water partition coefficient (Wildman–Crippen LogP) is 0.158. The Morgan fingerprint density at radius 3 is 2.54 bits per heavy atom. The molecular formula is C15H16N4O5. The van der Waals surface area contributed by atoms with E-state index in [9.17, 15) is 19.2 Å². The summed E-state index contributed by atoms with van der Waals surface area (Å²) in [4.78, 5) is 46.4. The number of nitrogens with one attached hydrogen (secondary N) is 1. The van der Waals surface area contributed by atoms with Gasteiger partial charge in [-0.3, -0.25) is 14.9 Å². The highest BCUT2D eigenvalue weighted by atomic mass is 16.5. The molecular weight excluding hydrogens is 316 g/mol. The Balaban J connectivity index is 2.35. The third-order valence-electron chi connectivity index (χ3n) is 3.09. The first-order chi connectivity index (χ1) is 11.4. The number of nitrogens with two attached hydrogens (primary N) is 1. The minimum Gasteiger partial charge on any atom is -0.451 e. The van der Waals surface area contributed by atoms with Crippen molar-refractivity contribution in [3.63, 3.8) is 0 Å². The highest BCUT2D eigenvalue weighted by molar-refractivity contribution is 6.03. The first-order valence-corrected chi connectivity index (χ1v) is 7.20. The second-order valence-corrected chi connectivity index (χ2v) is 4.91. The van der Waals surface area contributed by atoms with E-state index >= 15 is 0 Å². The van der Waals surface area contributed by atoms with Gasteiger partial charge in [-0.05, 0) is 12.5 Å². The van der Waals surface area contributed by atoms with Gasteiger partial charge in [0.1, 0.15) is 0 Å². The maximum atomic E-state index is 12.3. The second kappa shape index (κ2) is 7.36. The van der Waals surface area contributed by atoms with Gasteiger partial charge in [0.15, 0.2) is 12.3 Å². The molecule has 2 rings (SSSR count). The molecule has 9 nitrogen and oxygen atoms in total. The van der Waals surface area contributed by atoms with E-state index in [1.165, 1.54) is 4.68 Å². The van der Waals surface area contributed by atoms with Gasteiger partial charge in [-0.25, -0.2) is 14.3 Å². The average molecular weight is 332 g/mol. The fraction of sp³-hybridized carbons (Fsp3) is 0.267. The molecule has 0 saturated carbocycles.